The quantitative estimate of drug-likeness (QED) is 0.855. The van der Waals surface area contributed by atoms with Crippen LogP contribution in [0.25, 0.3) is 0 Å². The Balaban J connectivity index is 1.98. The zero-order chi connectivity index (χ0) is 13.2. The van der Waals surface area contributed by atoms with Crippen molar-refractivity contribution in [3.63, 3.8) is 0 Å². The number of nitrogens with one attached hydrogen (secondary N) is 1. The summed E-state index contributed by atoms with van der Waals surface area (Å²) in [6.07, 6.45) is 2.55. The molecule has 0 aliphatic carbocycles. The predicted molar refractivity (Wildman–Crippen MR) is 67.7 cm³/mol. The van der Waals surface area contributed by atoms with Gasteiger partial charge in [0.1, 0.15) is 5.51 Å². The Morgan fingerprint density at radius 2 is 2.39 bits per heavy atom. The van der Waals surface area contributed by atoms with E-state index in [1.807, 2.05) is 0 Å². The van der Waals surface area contributed by atoms with Gasteiger partial charge in [-0.25, -0.2) is 12.7 Å². The smallest absolute Gasteiger partial charge is 0.230 e. The van der Waals surface area contributed by atoms with Crippen molar-refractivity contribution >= 4 is 32.4 Å². The predicted octanol–water partition coefficient (Wildman–Crippen LogP) is 0.148. The molecule has 1 aliphatic heterocycles. The van der Waals surface area contributed by atoms with Crippen molar-refractivity contribution in [3.8, 4) is 0 Å². The maximum absolute atomic E-state index is 11.9. The standard InChI is InChI=1S/C9H14N4O3S2/c1-18(15,16)13-4-2-3-7(5-13)8(14)11-9-12-10-6-17-9/h6-7H,2-5H2,1H3,(H,11,12,14). The molecule has 1 amide bonds. The molecule has 1 saturated heterocycles. The third-order valence-corrected chi connectivity index (χ3v) is 4.69. The first kappa shape index (κ1) is 13.4. The Hall–Kier alpha value is -1.06. The van der Waals surface area contributed by atoms with Crippen molar-refractivity contribution in [1.82, 2.24) is 14.5 Å². The fourth-order valence-corrected chi connectivity index (χ4v) is 3.25. The molecule has 1 N–H and O–H groups in total. The second-order valence-electron chi connectivity index (χ2n) is 4.19. The molecule has 2 heterocycles. The summed E-state index contributed by atoms with van der Waals surface area (Å²) in [7, 11) is -3.23. The lowest BCUT2D eigenvalue weighted by molar-refractivity contribution is -0.120. The first-order valence-electron chi connectivity index (χ1n) is 5.49. The summed E-state index contributed by atoms with van der Waals surface area (Å²) >= 11 is 1.24. The number of carbonyl (C=O) groups is 1. The highest BCUT2D eigenvalue weighted by molar-refractivity contribution is 7.88. The van der Waals surface area contributed by atoms with Crippen LogP contribution in [-0.4, -0.2) is 48.2 Å². The van der Waals surface area contributed by atoms with Crippen LogP contribution in [-0.2, 0) is 14.8 Å². The molecule has 1 aromatic heterocycles. The Labute approximate surface area is 109 Å². The molecule has 1 atom stereocenters. The molecule has 1 aliphatic rings. The highest BCUT2D eigenvalue weighted by Gasteiger charge is 2.30. The van der Waals surface area contributed by atoms with E-state index in [1.54, 1.807) is 0 Å². The summed E-state index contributed by atoms with van der Waals surface area (Å²) in [5.74, 6) is -0.516. The number of hydrogen-bond acceptors (Lipinski definition) is 6. The third-order valence-electron chi connectivity index (χ3n) is 2.81. The maximum Gasteiger partial charge on any atom is 0.230 e. The summed E-state index contributed by atoms with van der Waals surface area (Å²) in [5, 5.41) is 10.4. The molecule has 0 spiro atoms. The average Bonchev–Trinajstić information content (AvgIpc) is 2.81. The van der Waals surface area contributed by atoms with Crippen molar-refractivity contribution in [1.29, 1.82) is 0 Å². The summed E-state index contributed by atoms with van der Waals surface area (Å²) in [5.41, 5.74) is 1.53. The molecular formula is C9H14N4O3S2. The molecule has 1 fully saturated rings. The van der Waals surface area contributed by atoms with E-state index in [4.69, 9.17) is 0 Å². The minimum Gasteiger partial charge on any atom is -0.300 e. The van der Waals surface area contributed by atoms with Crippen LogP contribution >= 0.6 is 11.3 Å². The lowest BCUT2D eigenvalue weighted by atomic mass is 9.99. The molecule has 0 radical (unpaired) electrons. The van der Waals surface area contributed by atoms with Crippen LogP contribution in [0, 0.1) is 5.92 Å². The second kappa shape index (κ2) is 5.29. The molecule has 0 bridgehead atoms. The SMILES string of the molecule is CS(=O)(=O)N1CCCC(C(=O)Nc2nncs2)C1. The van der Waals surface area contributed by atoms with Gasteiger partial charge in [-0.05, 0) is 12.8 Å². The van der Waals surface area contributed by atoms with Gasteiger partial charge in [0.2, 0.25) is 21.1 Å². The zero-order valence-corrected chi connectivity index (χ0v) is 11.5. The van der Waals surface area contributed by atoms with Crippen LogP contribution in [0.4, 0.5) is 5.13 Å². The fraction of sp³-hybridized carbons (Fsp3) is 0.667. The van der Waals surface area contributed by atoms with Crippen LogP contribution in [0.15, 0.2) is 5.51 Å². The fourth-order valence-electron chi connectivity index (χ4n) is 1.89. The number of hydrogen-bond donors (Lipinski definition) is 1. The van der Waals surface area contributed by atoms with E-state index in [0.29, 0.717) is 24.5 Å². The second-order valence-corrected chi connectivity index (χ2v) is 7.01. The molecule has 0 aromatic carbocycles. The topological polar surface area (TPSA) is 92.3 Å². The zero-order valence-electron chi connectivity index (χ0n) is 9.87. The van der Waals surface area contributed by atoms with Crippen LogP contribution < -0.4 is 5.32 Å². The Bertz CT molecular complexity index is 514. The number of sulfonamides is 1. The molecule has 1 unspecified atom stereocenters. The van der Waals surface area contributed by atoms with Gasteiger partial charge in [0.15, 0.2) is 0 Å². The van der Waals surface area contributed by atoms with Gasteiger partial charge >= 0.3 is 0 Å². The minimum atomic E-state index is -3.23. The minimum absolute atomic E-state index is 0.194. The van der Waals surface area contributed by atoms with E-state index in [9.17, 15) is 13.2 Å². The number of aromatic nitrogens is 2. The number of amides is 1. The largest absolute Gasteiger partial charge is 0.300 e. The monoisotopic (exact) mass is 290 g/mol. The number of piperidine rings is 1. The van der Waals surface area contributed by atoms with Gasteiger partial charge in [-0.15, -0.1) is 10.2 Å². The van der Waals surface area contributed by atoms with E-state index in [2.05, 4.69) is 15.5 Å². The molecule has 2 rings (SSSR count). The van der Waals surface area contributed by atoms with E-state index in [-0.39, 0.29) is 18.4 Å². The van der Waals surface area contributed by atoms with Gasteiger partial charge < -0.3 is 5.32 Å². The molecule has 9 heteroatoms. The summed E-state index contributed by atoms with van der Waals surface area (Å²) in [4.78, 5) is 11.9. The molecule has 0 saturated carbocycles. The highest BCUT2D eigenvalue weighted by Crippen LogP contribution is 2.20. The normalized spacial score (nSPS) is 21.7. The number of anilines is 1. The molecule has 1 aromatic rings. The number of nitrogens with zero attached hydrogens (tertiary/aromatic N) is 3. The lowest BCUT2D eigenvalue weighted by Gasteiger charge is -2.29. The summed E-state index contributed by atoms with van der Waals surface area (Å²) in [6, 6.07) is 0. The van der Waals surface area contributed by atoms with E-state index < -0.39 is 10.0 Å². The number of carbonyl (C=O) groups excluding carboxylic acids is 1. The van der Waals surface area contributed by atoms with E-state index in [0.717, 1.165) is 6.26 Å². The van der Waals surface area contributed by atoms with Gasteiger partial charge in [0, 0.05) is 13.1 Å². The summed E-state index contributed by atoms with van der Waals surface area (Å²) < 4.78 is 24.2. The molecular weight excluding hydrogens is 276 g/mol. The van der Waals surface area contributed by atoms with Gasteiger partial charge in [0.05, 0.1) is 12.2 Å². The van der Waals surface area contributed by atoms with Gasteiger partial charge in [0.25, 0.3) is 0 Å². The first-order chi connectivity index (χ1) is 8.47. The van der Waals surface area contributed by atoms with Gasteiger partial charge in [-0.3, -0.25) is 4.79 Å². The van der Waals surface area contributed by atoms with Crippen molar-refractivity contribution in [2.45, 2.75) is 12.8 Å². The third kappa shape index (κ3) is 3.24. The highest BCUT2D eigenvalue weighted by atomic mass is 32.2. The molecule has 7 nitrogen and oxygen atoms in total. The number of rotatable bonds is 3. The van der Waals surface area contributed by atoms with Crippen molar-refractivity contribution in [2.75, 3.05) is 24.7 Å². The maximum atomic E-state index is 11.9. The van der Waals surface area contributed by atoms with Gasteiger partial charge in [-0.1, -0.05) is 11.3 Å². The molecule has 100 valence electrons. The van der Waals surface area contributed by atoms with Crippen LogP contribution in [0.5, 0.6) is 0 Å². The van der Waals surface area contributed by atoms with E-state index in [1.165, 1.54) is 21.2 Å². The summed E-state index contributed by atoms with van der Waals surface area (Å²) in [6.45, 7) is 0.727. The molecule has 18 heavy (non-hydrogen) atoms. The Morgan fingerprint density at radius 1 is 1.61 bits per heavy atom. The van der Waals surface area contributed by atoms with Crippen LogP contribution in [0.2, 0.25) is 0 Å². The van der Waals surface area contributed by atoms with Crippen LogP contribution in [0.3, 0.4) is 0 Å². The van der Waals surface area contributed by atoms with Gasteiger partial charge in [-0.2, -0.15) is 0 Å². The first-order valence-corrected chi connectivity index (χ1v) is 8.22. The Morgan fingerprint density at radius 3 is 3.00 bits per heavy atom. The van der Waals surface area contributed by atoms with Crippen molar-refractivity contribution in [3.05, 3.63) is 5.51 Å². The van der Waals surface area contributed by atoms with E-state index >= 15 is 0 Å². The Kier molecular flexibility index (Phi) is 3.93. The lowest BCUT2D eigenvalue weighted by Crippen LogP contribution is -2.43. The van der Waals surface area contributed by atoms with Crippen LogP contribution in [0.1, 0.15) is 12.8 Å². The average molecular weight is 290 g/mol. The van der Waals surface area contributed by atoms with Crippen molar-refractivity contribution in [2.24, 2.45) is 5.92 Å². The van der Waals surface area contributed by atoms with Crippen molar-refractivity contribution < 1.29 is 13.2 Å².